The lowest BCUT2D eigenvalue weighted by molar-refractivity contribution is -0.137. The number of aryl methyl sites for hydroxylation is 1. The van der Waals surface area contributed by atoms with Crippen LogP contribution in [-0.4, -0.2) is 28.5 Å². The van der Waals surface area contributed by atoms with E-state index in [9.17, 15) is 9.59 Å². The van der Waals surface area contributed by atoms with Gasteiger partial charge >= 0.3 is 5.97 Å². The highest BCUT2D eigenvalue weighted by Crippen LogP contribution is 2.18. The Morgan fingerprint density at radius 1 is 1.13 bits per heavy atom. The molecule has 0 spiro atoms. The van der Waals surface area contributed by atoms with Gasteiger partial charge in [0.15, 0.2) is 0 Å². The smallest absolute Gasteiger partial charge is 0.303 e. The third kappa shape index (κ3) is 5.06. The molecule has 2 aromatic rings. The number of para-hydroxylation sites is 1. The number of aliphatic carboxylic acids is 1. The molecule has 0 aliphatic heterocycles. The van der Waals surface area contributed by atoms with Crippen molar-refractivity contribution < 1.29 is 14.7 Å². The Labute approximate surface area is 135 Å². The Bertz CT molecular complexity index is 698. The molecule has 0 radical (unpaired) electrons. The molecule has 0 aliphatic carbocycles. The number of carboxylic acids is 1. The number of pyridine rings is 1. The summed E-state index contributed by atoms with van der Waals surface area (Å²) in [5.41, 5.74) is 2.30. The standard InChI is InChI=1S/C18H22N2O3/c1-13-12-15(14-8-5-6-9-16(14)20-13)18(23)19-11-7-3-2-4-10-17(21)22/h5-6,8-9,12H,2-4,7,10-11H2,1H3,(H,19,23)(H,21,22). The number of benzene rings is 1. The molecule has 0 saturated carbocycles. The van der Waals surface area contributed by atoms with Gasteiger partial charge in [0.1, 0.15) is 0 Å². The normalized spacial score (nSPS) is 10.7. The van der Waals surface area contributed by atoms with E-state index in [-0.39, 0.29) is 12.3 Å². The minimum Gasteiger partial charge on any atom is -0.481 e. The highest BCUT2D eigenvalue weighted by molar-refractivity contribution is 6.06. The molecule has 1 heterocycles. The largest absolute Gasteiger partial charge is 0.481 e. The average molecular weight is 314 g/mol. The predicted octanol–water partition coefficient (Wildman–Crippen LogP) is 3.31. The topological polar surface area (TPSA) is 79.3 Å². The van der Waals surface area contributed by atoms with Crippen molar-refractivity contribution >= 4 is 22.8 Å². The van der Waals surface area contributed by atoms with E-state index in [1.807, 2.05) is 37.3 Å². The van der Waals surface area contributed by atoms with E-state index in [2.05, 4.69) is 10.3 Å². The van der Waals surface area contributed by atoms with Gasteiger partial charge in [-0.3, -0.25) is 14.6 Å². The van der Waals surface area contributed by atoms with Crippen LogP contribution in [0, 0.1) is 6.92 Å². The lowest BCUT2D eigenvalue weighted by atomic mass is 10.1. The number of hydrogen-bond donors (Lipinski definition) is 2. The molecule has 0 aliphatic rings. The van der Waals surface area contributed by atoms with Crippen molar-refractivity contribution in [2.45, 2.75) is 39.0 Å². The maximum Gasteiger partial charge on any atom is 0.303 e. The van der Waals surface area contributed by atoms with Crippen molar-refractivity contribution in [2.75, 3.05) is 6.54 Å². The molecule has 1 aromatic heterocycles. The number of nitrogens with zero attached hydrogens (tertiary/aromatic N) is 1. The van der Waals surface area contributed by atoms with Crippen LogP contribution in [-0.2, 0) is 4.79 Å². The Morgan fingerprint density at radius 2 is 1.87 bits per heavy atom. The monoisotopic (exact) mass is 314 g/mol. The van der Waals surface area contributed by atoms with Crippen LogP contribution in [0.2, 0.25) is 0 Å². The van der Waals surface area contributed by atoms with Crippen LogP contribution in [0.4, 0.5) is 0 Å². The molecule has 23 heavy (non-hydrogen) atoms. The summed E-state index contributed by atoms with van der Waals surface area (Å²) in [6.07, 6.45) is 3.56. The lowest BCUT2D eigenvalue weighted by Gasteiger charge is -2.09. The minimum absolute atomic E-state index is 0.0859. The second kappa shape index (κ2) is 8.27. The minimum atomic E-state index is -0.752. The summed E-state index contributed by atoms with van der Waals surface area (Å²) in [6, 6.07) is 9.43. The van der Waals surface area contributed by atoms with E-state index in [4.69, 9.17) is 5.11 Å². The number of carboxylic acid groups (broad SMARTS) is 1. The second-order valence-corrected chi connectivity index (χ2v) is 5.64. The van der Waals surface area contributed by atoms with Gasteiger partial charge in [-0.2, -0.15) is 0 Å². The summed E-state index contributed by atoms with van der Waals surface area (Å²) in [7, 11) is 0. The van der Waals surface area contributed by atoms with Crippen molar-refractivity contribution in [3.05, 3.63) is 41.6 Å². The van der Waals surface area contributed by atoms with Gasteiger partial charge in [0, 0.05) is 24.0 Å². The molecule has 5 nitrogen and oxygen atoms in total. The molecule has 1 aromatic carbocycles. The quantitative estimate of drug-likeness (QED) is 0.733. The van der Waals surface area contributed by atoms with E-state index >= 15 is 0 Å². The van der Waals surface area contributed by atoms with Gasteiger partial charge < -0.3 is 10.4 Å². The zero-order valence-corrected chi connectivity index (χ0v) is 13.3. The summed E-state index contributed by atoms with van der Waals surface area (Å²) in [4.78, 5) is 27.2. The number of rotatable bonds is 8. The fraction of sp³-hybridized carbons (Fsp3) is 0.389. The maximum atomic E-state index is 12.4. The van der Waals surface area contributed by atoms with Gasteiger partial charge in [0.25, 0.3) is 5.91 Å². The Kier molecular flexibility index (Phi) is 6.09. The first-order chi connectivity index (χ1) is 11.1. The number of unbranched alkanes of at least 4 members (excludes halogenated alkanes) is 3. The fourth-order valence-corrected chi connectivity index (χ4v) is 2.55. The van der Waals surface area contributed by atoms with Crippen LogP contribution < -0.4 is 5.32 Å². The van der Waals surface area contributed by atoms with Crippen LogP contribution in [0.1, 0.15) is 48.2 Å². The third-order valence-electron chi connectivity index (χ3n) is 3.69. The summed E-state index contributed by atoms with van der Waals surface area (Å²) in [6.45, 7) is 2.48. The van der Waals surface area contributed by atoms with Gasteiger partial charge in [-0.15, -0.1) is 0 Å². The molecule has 122 valence electrons. The lowest BCUT2D eigenvalue weighted by Crippen LogP contribution is -2.24. The number of carbonyl (C=O) groups is 2. The van der Waals surface area contributed by atoms with Crippen molar-refractivity contribution in [3.63, 3.8) is 0 Å². The Morgan fingerprint density at radius 3 is 2.65 bits per heavy atom. The van der Waals surface area contributed by atoms with Crippen LogP contribution in [0.15, 0.2) is 30.3 Å². The molecule has 5 heteroatoms. The van der Waals surface area contributed by atoms with E-state index < -0.39 is 5.97 Å². The molecule has 2 N–H and O–H groups in total. The summed E-state index contributed by atoms with van der Waals surface area (Å²) >= 11 is 0. The van der Waals surface area contributed by atoms with Gasteiger partial charge in [0.2, 0.25) is 0 Å². The number of carbonyl (C=O) groups excluding carboxylic acids is 1. The summed E-state index contributed by atoms with van der Waals surface area (Å²) < 4.78 is 0. The highest BCUT2D eigenvalue weighted by atomic mass is 16.4. The van der Waals surface area contributed by atoms with E-state index in [0.29, 0.717) is 18.5 Å². The zero-order chi connectivity index (χ0) is 16.7. The number of nitrogens with one attached hydrogen (secondary N) is 1. The highest BCUT2D eigenvalue weighted by Gasteiger charge is 2.11. The maximum absolute atomic E-state index is 12.4. The van der Waals surface area contributed by atoms with Gasteiger partial charge in [-0.05, 0) is 31.9 Å². The third-order valence-corrected chi connectivity index (χ3v) is 3.69. The molecular weight excluding hydrogens is 292 g/mol. The van der Waals surface area contributed by atoms with Crippen molar-refractivity contribution in [1.29, 1.82) is 0 Å². The molecule has 0 saturated heterocycles. The van der Waals surface area contributed by atoms with Gasteiger partial charge in [0.05, 0.1) is 11.1 Å². The molecule has 0 bridgehead atoms. The number of fused-ring (bicyclic) bond motifs is 1. The molecular formula is C18H22N2O3. The van der Waals surface area contributed by atoms with E-state index in [1.165, 1.54) is 0 Å². The molecule has 2 rings (SSSR count). The van der Waals surface area contributed by atoms with Crippen LogP contribution in [0.25, 0.3) is 10.9 Å². The predicted molar refractivity (Wildman–Crippen MR) is 89.5 cm³/mol. The fourth-order valence-electron chi connectivity index (χ4n) is 2.55. The second-order valence-electron chi connectivity index (χ2n) is 5.64. The average Bonchev–Trinajstić information content (AvgIpc) is 2.52. The molecule has 0 atom stereocenters. The number of amides is 1. The first-order valence-electron chi connectivity index (χ1n) is 7.94. The van der Waals surface area contributed by atoms with Gasteiger partial charge in [-0.25, -0.2) is 0 Å². The van der Waals surface area contributed by atoms with Crippen molar-refractivity contribution in [2.24, 2.45) is 0 Å². The zero-order valence-electron chi connectivity index (χ0n) is 13.3. The first kappa shape index (κ1) is 16.9. The van der Waals surface area contributed by atoms with E-state index in [0.717, 1.165) is 35.9 Å². The van der Waals surface area contributed by atoms with Crippen LogP contribution in [0.5, 0.6) is 0 Å². The van der Waals surface area contributed by atoms with Gasteiger partial charge in [-0.1, -0.05) is 31.0 Å². The van der Waals surface area contributed by atoms with Crippen LogP contribution in [0.3, 0.4) is 0 Å². The van der Waals surface area contributed by atoms with E-state index in [1.54, 1.807) is 0 Å². The SMILES string of the molecule is Cc1cc(C(=O)NCCCCCCC(=O)O)c2ccccc2n1. The first-order valence-corrected chi connectivity index (χ1v) is 7.94. The molecule has 0 unspecified atom stereocenters. The molecule has 0 fully saturated rings. The van der Waals surface area contributed by atoms with Crippen molar-refractivity contribution in [1.82, 2.24) is 10.3 Å². The molecule has 1 amide bonds. The Hall–Kier alpha value is -2.43. The summed E-state index contributed by atoms with van der Waals surface area (Å²) in [5.74, 6) is -0.838. The number of hydrogen-bond acceptors (Lipinski definition) is 3. The van der Waals surface area contributed by atoms with Crippen molar-refractivity contribution in [3.8, 4) is 0 Å². The Balaban J connectivity index is 1.86. The number of aromatic nitrogens is 1. The van der Waals surface area contributed by atoms with Crippen LogP contribution >= 0.6 is 0 Å². The summed E-state index contributed by atoms with van der Waals surface area (Å²) in [5, 5.41) is 12.4.